The van der Waals surface area contributed by atoms with Gasteiger partial charge < -0.3 is 15.4 Å². The first-order chi connectivity index (χ1) is 7.31. The van der Waals surface area contributed by atoms with Crippen molar-refractivity contribution in [3.8, 4) is 0 Å². The van der Waals surface area contributed by atoms with Crippen LogP contribution in [0.2, 0.25) is 0 Å². The molecule has 2 fully saturated rings. The predicted molar refractivity (Wildman–Crippen MR) is 56.6 cm³/mol. The van der Waals surface area contributed by atoms with Gasteiger partial charge in [0.25, 0.3) is 0 Å². The van der Waals surface area contributed by atoms with E-state index in [4.69, 9.17) is 10.5 Å². The zero-order valence-corrected chi connectivity index (χ0v) is 8.47. The summed E-state index contributed by atoms with van der Waals surface area (Å²) in [6, 6.07) is 1.90. The van der Waals surface area contributed by atoms with Crippen LogP contribution in [0, 0.1) is 0 Å². The first kappa shape index (κ1) is 8.91. The van der Waals surface area contributed by atoms with E-state index in [1.807, 2.05) is 6.07 Å². The zero-order valence-electron chi connectivity index (χ0n) is 8.47. The Morgan fingerprint density at radius 2 is 2.07 bits per heavy atom. The van der Waals surface area contributed by atoms with Crippen LogP contribution >= 0.6 is 0 Å². The van der Waals surface area contributed by atoms with Gasteiger partial charge in [0.2, 0.25) is 5.95 Å². The van der Waals surface area contributed by atoms with Gasteiger partial charge >= 0.3 is 0 Å². The fourth-order valence-corrected chi connectivity index (χ4v) is 2.34. The summed E-state index contributed by atoms with van der Waals surface area (Å²) in [6.07, 6.45) is 4.79. The Labute approximate surface area is 88.3 Å². The lowest BCUT2D eigenvalue weighted by Gasteiger charge is -2.32. The molecule has 80 valence electrons. The topological polar surface area (TPSA) is 64.3 Å². The molecule has 15 heavy (non-hydrogen) atoms. The number of fused-ring (bicyclic) bond motifs is 2. The van der Waals surface area contributed by atoms with Crippen molar-refractivity contribution in [2.24, 2.45) is 0 Å². The van der Waals surface area contributed by atoms with Crippen LogP contribution in [0.25, 0.3) is 0 Å². The maximum absolute atomic E-state index is 5.76. The number of nitrogens with zero attached hydrogens (tertiary/aromatic N) is 3. The van der Waals surface area contributed by atoms with Crippen LogP contribution in [-0.2, 0) is 4.74 Å². The lowest BCUT2D eigenvalue weighted by molar-refractivity contribution is 0.0302. The normalized spacial score (nSPS) is 29.5. The number of morpholine rings is 1. The largest absolute Gasteiger partial charge is 0.371 e. The molecule has 2 atom stereocenters. The highest BCUT2D eigenvalue weighted by atomic mass is 16.5. The molecule has 0 amide bonds. The van der Waals surface area contributed by atoms with E-state index in [0.717, 1.165) is 18.9 Å². The van der Waals surface area contributed by atoms with Crippen molar-refractivity contribution < 1.29 is 4.74 Å². The predicted octanol–water partition coefficient (Wildman–Crippen LogP) is 0.426. The molecular formula is C10H14N4O. The van der Waals surface area contributed by atoms with Crippen molar-refractivity contribution in [1.29, 1.82) is 0 Å². The second kappa shape index (κ2) is 3.34. The van der Waals surface area contributed by atoms with Gasteiger partial charge in [0, 0.05) is 19.3 Å². The average molecular weight is 206 g/mol. The van der Waals surface area contributed by atoms with Crippen LogP contribution in [0.4, 0.5) is 11.8 Å². The minimum Gasteiger partial charge on any atom is -0.371 e. The maximum Gasteiger partial charge on any atom is 0.221 e. The molecule has 0 spiro atoms. The Morgan fingerprint density at radius 1 is 1.33 bits per heavy atom. The second-order valence-electron chi connectivity index (χ2n) is 4.14. The fraction of sp³-hybridized carbons (Fsp3) is 0.600. The molecule has 2 bridgehead atoms. The van der Waals surface area contributed by atoms with Gasteiger partial charge in [0.05, 0.1) is 12.2 Å². The van der Waals surface area contributed by atoms with E-state index in [2.05, 4.69) is 14.9 Å². The number of aromatic nitrogens is 2. The summed E-state index contributed by atoms with van der Waals surface area (Å²) < 4.78 is 5.76. The third-order valence-corrected chi connectivity index (χ3v) is 3.03. The average Bonchev–Trinajstić information content (AvgIpc) is 2.58. The first-order valence-electron chi connectivity index (χ1n) is 5.30. The van der Waals surface area contributed by atoms with Gasteiger partial charge in [-0.1, -0.05) is 0 Å². The van der Waals surface area contributed by atoms with Crippen molar-refractivity contribution in [3.63, 3.8) is 0 Å². The number of nitrogens with two attached hydrogens (primary N) is 1. The molecule has 5 nitrogen and oxygen atoms in total. The minimum atomic E-state index is 0.339. The van der Waals surface area contributed by atoms with E-state index in [0.29, 0.717) is 18.2 Å². The fourth-order valence-electron chi connectivity index (χ4n) is 2.34. The van der Waals surface area contributed by atoms with E-state index in [1.165, 1.54) is 12.8 Å². The third kappa shape index (κ3) is 1.63. The first-order valence-corrected chi connectivity index (χ1v) is 5.30. The summed E-state index contributed by atoms with van der Waals surface area (Å²) >= 11 is 0. The van der Waals surface area contributed by atoms with Gasteiger partial charge in [0.15, 0.2) is 0 Å². The molecule has 1 aromatic heterocycles. The highest BCUT2D eigenvalue weighted by Gasteiger charge is 2.34. The molecule has 5 heteroatoms. The molecule has 2 aliphatic rings. The molecular weight excluding hydrogens is 192 g/mol. The van der Waals surface area contributed by atoms with Crippen molar-refractivity contribution in [2.75, 3.05) is 23.7 Å². The number of rotatable bonds is 1. The van der Waals surface area contributed by atoms with E-state index in [9.17, 15) is 0 Å². The van der Waals surface area contributed by atoms with Crippen LogP contribution in [0.15, 0.2) is 12.3 Å². The highest BCUT2D eigenvalue weighted by molar-refractivity contribution is 5.42. The molecule has 0 saturated carbocycles. The third-order valence-electron chi connectivity index (χ3n) is 3.03. The lowest BCUT2D eigenvalue weighted by Crippen LogP contribution is -2.43. The summed E-state index contributed by atoms with van der Waals surface area (Å²) in [7, 11) is 0. The minimum absolute atomic E-state index is 0.339. The van der Waals surface area contributed by atoms with Gasteiger partial charge in [-0.3, -0.25) is 0 Å². The smallest absolute Gasteiger partial charge is 0.221 e. The quantitative estimate of drug-likeness (QED) is 0.721. The molecule has 3 heterocycles. The van der Waals surface area contributed by atoms with Gasteiger partial charge in [-0.2, -0.15) is 4.98 Å². The molecule has 0 aromatic carbocycles. The summed E-state index contributed by atoms with van der Waals surface area (Å²) in [4.78, 5) is 10.4. The lowest BCUT2D eigenvalue weighted by atomic mass is 10.2. The number of hydrogen-bond donors (Lipinski definition) is 1. The molecule has 2 aliphatic heterocycles. The highest BCUT2D eigenvalue weighted by Crippen LogP contribution is 2.28. The zero-order chi connectivity index (χ0) is 10.3. The standard InChI is InChI=1S/C10H14N4O/c11-10-12-4-3-9(13-10)14-5-7-1-2-8(6-14)15-7/h3-4,7-8H,1-2,5-6H2,(H2,11,12,13). The van der Waals surface area contributed by atoms with Crippen LogP contribution in [-0.4, -0.2) is 35.3 Å². The molecule has 2 saturated heterocycles. The molecule has 2 N–H and O–H groups in total. The second-order valence-corrected chi connectivity index (χ2v) is 4.14. The Bertz CT molecular complexity index is 358. The summed E-state index contributed by atoms with van der Waals surface area (Å²) in [5, 5.41) is 0. The number of hydrogen-bond acceptors (Lipinski definition) is 5. The van der Waals surface area contributed by atoms with E-state index < -0.39 is 0 Å². The molecule has 2 unspecified atom stereocenters. The van der Waals surface area contributed by atoms with Crippen LogP contribution in [0.3, 0.4) is 0 Å². The van der Waals surface area contributed by atoms with Crippen molar-refractivity contribution in [3.05, 3.63) is 12.3 Å². The summed E-state index contributed by atoms with van der Waals surface area (Å²) in [5.41, 5.74) is 5.57. The van der Waals surface area contributed by atoms with Crippen LogP contribution < -0.4 is 10.6 Å². The molecule has 0 radical (unpaired) electrons. The van der Waals surface area contributed by atoms with E-state index in [-0.39, 0.29) is 0 Å². The SMILES string of the molecule is Nc1nccc(N2CC3CCC(C2)O3)n1. The van der Waals surface area contributed by atoms with Gasteiger partial charge in [-0.05, 0) is 18.9 Å². The monoisotopic (exact) mass is 206 g/mol. The van der Waals surface area contributed by atoms with Crippen LogP contribution in [0.1, 0.15) is 12.8 Å². The maximum atomic E-state index is 5.76. The van der Waals surface area contributed by atoms with Crippen molar-refractivity contribution in [2.45, 2.75) is 25.0 Å². The molecule has 1 aromatic rings. The Balaban J connectivity index is 1.83. The summed E-state index contributed by atoms with van der Waals surface area (Å²) in [6.45, 7) is 1.85. The van der Waals surface area contributed by atoms with E-state index >= 15 is 0 Å². The summed E-state index contributed by atoms with van der Waals surface area (Å²) in [5.74, 6) is 1.26. The number of nitrogen functional groups attached to an aromatic ring is 1. The number of ether oxygens (including phenoxy) is 1. The Hall–Kier alpha value is -1.36. The molecule has 3 rings (SSSR count). The Morgan fingerprint density at radius 3 is 2.73 bits per heavy atom. The van der Waals surface area contributed by atoms with Gasteiger partial charge in [-0.15, -0.1) is 0 Å². The van der Waals surface area contributed by atoms with Crippen molar-refractivity contribution in [1.82, 2.24) is 9.97 Å². The number of anilines is 2. The van der Waals surface area contributed by atoms with Gasteiger partial charge in [-0.25, -0.2) is 4.98 Å². The van der Waals surface area contributed by atoms with Crippen molar-refractivity contribution >= 4 is 11.8 Å². The molecule has 0 aliphatic carbocycles. The Kier molecular flexibility index (Phi) is 1.98. The van der Waals surface area contributed by atoms with E-state index in [1.54, 1.807) is 6.20 Å². The van der Waals surface area contributed by atoms with Gasteiger partial charge in [0.1, 0.15) is 5.82 Å². The van der Waals surface area contributed by atoms with Crippen LogP contribution in [0.5, 0.6) is 0 Å².